The predicted octanol–water partition coefficient (Wildman–Crippen LogP) is 5.94. The predicted molar refractivity (Wildman–Crippen MR) is 129 cm³/mol. The molecule has 6 nitrogen and oxygen atoms in total. The smallest absolute Gasteiger partial charge is 0.336 e. The van der Waals surface area contributed by atoms with Crippen molar-refractivity contribution in [3.05, 3.63) is 65.5 Å². The fourth-order valence-corrected chi connectivity index (χ4v) is 4.76. The van der Waals surface area contributed by atoms with Gasteiger partial charge in [-0.3, -0.25) is 4.98 Å². The van der Waals surface area contributed by atoms with Crippen molar-refractivity contribution in [3.63, 3.8) is 0 Å². The van der Waals surface area contributed by atoms with Crippen LogP contribution in [0.15, 0.2) is 42.6 Å². The highest BCUT2D eigenvalue weighted by Gasteiger charge is 2.18. The zero-order valence-electron chi connectivity index (χ0n) is 19.5. The van der Waals surface area contributed by atoms with Crippen molar-refractivity contribution in [1.82, 2.24) is 19.7 Å². The maximum absolute atomic E-state index is 11.6. The molecule has 1 aromatic carbocycles. The second-order valence-electron chi connectivity index (χ2n) is 9.15. The van der Waals surface area contributed by atoms with E-state index in [1.807, 2.05) is 24.3 Å². The van der Waals surface area contributed by atoms with Crippen molar-refractivity contribution in [2.75, 3.05) is 0 Å². The third-order valence-corrected chi connectivity index (χ3v) is 6.59. The third-order valence-electron chi connectivity index (χ3n) is 6.59. The van der Waals surface area contributed by atoms with Crippen LogP contribution in [0.25, 0.3) is 11.1 Å². The number of unbranched alkanes of at least 4 members (excludes halogenated alkanes) is 2. The van der Waals surface area contributed by atoms with E-state index in [4.69, 9.17) is 10.1 Å². The number of aryl methyl sites for hydroxylation is 1. The largest absolute Gasteiger partial charge is 0.478 e. The molecule has 2 aromatic heterocycles. The summed E-state index contributed by atoms with van der Waals surface area (Å²) in [5.41, 5.74) is 2.69. The summed E-state index contributed by atoms with van der Waals surface area (Å²) >= 11 is 0. The molecule has 33 heavy (non-hydrogen) atoms. The first-order chi connectivity index (χ1) is 16.1. The molecule has 0 radical (unpaired) electrons. The Morgan fingerprint density at radius 1 is 1.09 bits per heavy atom. The molecule has 1 aliphatic carbocycles. The SMILES string of the molecule is CCCCCn1nc(CC2CCCCC2)nc1Cc1ccc(-c2ccccc2C(=O)O)cn1. The van der Waals surface area contributed by atoms with E-state index in [0.717, 1.165) is 42.3 Å². The number of aromatic carboxylic acids is 1. The number of benzene rings is 1. The van der Waals surface area contributed by atoms with E-state index in [1.165, 1.54) is 44.9 Å². The van der Waals surface area contributed by atoms with Crippen LogP contribution >= 0.6 is 0 Å². The van der Waals surface area contributed by atoms with E-state index in [1.54, 1.807) is 18.3 Å². The standard InChI is InChI=1S/C27H34N4O2/c1-2-3-9-16-31-26(29-25(30-31)17-20-10-5-4-6-11-20)18-22-15-14-21(19-28-22)23-12-7-8-13-24(23)27(32)33/h7-8,12-15,19-20H,2-6,9-11,16-18H2,1H3,(H,32,33). The van der Waals surface area contributed by atoms with Gasteiger partial charge in [-0.15, -0.1) is 0 Å². The fourth-order valence-electron chi connectivity index (χ4n) is 4.76. The molecule has 0 aliphatic heterocycles. The van der Waals surface area contributed by atoms with Gasteiger partial charge in [0.15, 0.2) is 5.82 Å². The number of carboxylic acid groups (broad SMARTS) is 1. The first-order valence-corrected chi connectivity index (χ1v) is 12.3. The summed E-state index contributed by atoms with van der Waals surface area (Å²) in [6.07, 6.45) is 13.4. The molecule has 3 aromatic rings. The topological polar surface area (TPSA) is 80.9 Å². The van der Waals surface area contributed by atoms with Crippen LogP contribution in [0.4, 0.5) is 0 Å². The molecule has 174 valence electrons. The quantitative estimate of drug-likeness (QED) is 0.390. The molecule has 6 heteroatoms. The number of hydrogen-bond acceptors (Lipinski definition) is 4. The Labute approximate surface area is 196 Å². The second-order valence-corrected chi connectivity index (χ2v) is 9.15. The average Bonchev–Trinajstić information content (AvgIpc) is 3.21. The summed E-state index contributed by atoms with van der Waals surface area (Å²) in [6.45, 7) is 3.11. The van der Waals surface area contributed by atoms with Gasteiger partial charge in [0.05, 0.1) is 5.56 Å². The molecule has 0 unspecified atom stereocenters. The number of carbonyl (C=O) groups is 1. The van der Waals surface area contributed by atoms with E-state index in [9.17, 15) is 9.90 Å². The van der Waals surface area contributed by atoms with E-state index < -0.39 is 5.97 Å². The second kappa shape index (κ2) is 11.2. The highest BCUT2D eigenvalue weighted by molar-refractivity contribution is 5.95. The lowest BCUT2D eigenvalue weighted by Gasteiger charge is -2.19. The van der Waals surface area contributed by atoms with Crippen LogP contribution in [-0.4, -0.2) is 30.8 Å². The van der Waals surface area contributed by atoms with Crippen LogP contribution in [0.2, 0.25) is 0 Å². The van der Waals surface area contributed by atoms with Crippen LogP contribution in [0, 0.1) is 5.92 Å². The van der Waals surface area contributed by atoms with Gasteiger partial charge in [0.1, 0.15) is 5.82 Å². The number of hydrogen-bond donors (Lipinski definition) is 1. The highest BCUT2D eigenvalue weighted by atomic mass is 16.4. The lowest BCUT2D eigenvalue weighted by atomic mass is 9.87. The Bertz CT molecular complexity index is 1050. The van der Waals surface area contributed by atoms with Gasteiger partial charge in [-0.05, 0) is 30.0 Å². The molecule has 1 fully saturated rings. The molecule has 0 saturated heterocycles. The van der Waals surface area contributed by atoms with Crippen molar-refractivity contribution < 1.29 is 9.90 Å². The van der Waals surface area contributed by atoms with Crippen molar-refractivity contribution in [2.45, 2.75) is 77.7 Å². The first kappa shape index (κ1) is 23.1. The van der Waals surface area contributed by atoms with Crippen LogP contribution in [0.1, 0.15) is 86.0 Å². The first-order valence-electron chi connectivity index (χ1n) is 12.3. The fraction of sp³-hybridized carbons (Fsp3) is 0.481. The Hall–Kier alpha value is -3.02. The maximum Gasteiger partial charge on any atom is 0.336 e. The van der Waals surface area contributed by atoms with Gasteiger partial charge in [-0.25, -0.2) is 14.5 Å². The highest BCUT2D eigenvalue weighted by Crippen LogP contribution is 2.27. The monoisotopic (exact) mass is 446 g/mol. The number of rotatable bonds is 10. The summed E-state index contributed by atoms with van der Waals surface area (Å²) < 4.78 is 2.09. The maximum atomic E-state index is 11.6. The molecule has 0 amide bonds. The van der Waals surface area contributed by atoms with Crippen molar-refractivity contribution in [3.8, 4) is 11.1 Å². The Balaban J connectivity index is 1.51. The zero-order chi connectivity index (χ0) is 23.0. The Morgan fingerprint density at radius 3 is 2.64 bits per heavy atom. The van der Waals surface area contributed by atoms with Gasteiger partial charge in [0.25, 0.3) is 0 Å². The van der Waals surface area contributed by atoms with E-state index >= 15 is 0 Å². The van der Waals surface area contributed by atoms with Crippen molar-refractivity contribution in [1.29, 1.82) is 0 Å². The van der Waals surface area contributed by atoms with Gasteiger partial charge in [-0.1, -0.05) is 76.1 Å². The number of pyridine rings is 1. The van der Waals surface area contributed by atoms with Gasteiger partial charge >= 0.3 is 5.97 Å². The Morgan fingerprint density at radius 2 is 1.91 bits per heavy atom. The normalized spacial score (nSPS) is 14.5. The Kier molecular flexibility index (Phi) is 7.87. The van der Waals surface area contributed by atoms with Crippen molar-refractivity contribution >= 4 is 5.97 Å². The van der Waals surface area contributed by atoms with Crippen LogP contribution < -0.4 is 0 Å². The lowest BCUT2D eigenvalue weighted by molar-refractivity contribution is 0.0697. The van der Waals surface area contributed by atoms with Crippen LogP contribution in [0.5, 0.6) is 0 Å². The molecular weight excluding hydrogens is 412 g/mol. The summed E-state index contributed by atoms with van der Waals surface area (Å²) in [6, 6.07) is 11.0. The van der Waals surface area contributed by atoms with Gasteiger partial charge in [-0.2, -0.15) is 5.10 Å². The molecule has 0 atom stereocenters. The number of nitrogens with zero attached hydrogens (tertiary/aromatic N) is 4. The molecule has 0 spiro atoms. The van der Waals surface area contributed by atoms with E-state index in [-0.39, 0.29) is 5.56 Å². The minimum atomic E-state index is -0.930. The van der Waals surface area contributed by atoms with Crippen LogP contribution in [0.3, 0.4) is 0 Å². The van der Waals surface area contributed by atoms with Gasteiger partial charge < -0.3 is 5.11 Å². The average molecular weight is 447 g/mol. The summed E-state index contributed by atoms with van der Waals surface area (Å²) in [5.74, 6) is 1.73. The lowest BCUT2D eigenvalue weighted by Crippen LogP contribution is -2.10. The minimum Gasteiger partial charge on any atom is -0.478 e. The van der Waals surface area contributed by atoms with Crippen LogP contribution in [-0.2, 0) is 19.4 Å². The minimum absolute atomic E-state index is 0.287. The van der Waals surface area contributed by atoms with E-state index in [0.29, 0.717) is 17.9 Å². The summed E-state index contributed by atoms with van der Waals surface area (Å²) in [5, 5.41) is 14.4. The van der Waals surface area contributed by atoms with Gasteiger partial charge in [0, 0.05) is 36.8 Å². The van der Waals surface area contributed by atoms with Gasteiger partial charge in [0.2, 0.25) is 0 Å². The van der Waals surface area contributed by atoms with E-state index in [2.05, 4.69) is 16.6 Å². The molecule has 4 rings (SSSR count). The molecular formula is C27H34N4O2. The third kappa shape index (κ3) is 6.06. The summed E-state index contributed by atoms with van der Waals surface area (Å²) in [7, 11) is 0. The van der Waals surface area contributed by atoms with Crippen molar-refractivity contribution in [2.24, 2.45) is 5.92 Å². The molecule has 2 heterocycles. The number of aromatic nitrogens is 4. The number of carboxylic acids is 1. The molecule has 1 saturated carbocycles. The molecule has 1 aliphatic rings. The molecule has 0 bridgehead atoms. The summed E-state index contributed by atoms with van der Waals surface area (Å²) in [4.78, 5) is 21.1. The molecule has 1 N–H and O–H groups in total. The zero-order valence-corrected chi connectivity index (χ0v) is 19.5.